The zero-order valence-electron chi connectivity index (χ0n) is 50.3. The van der Waals surface area contributed by atoms with Crippen molar-refractivity contribution in [2.45, 2.75) is 251 Å². The van der Waals surface area contributed by atoms with Crippen molar-refractivity contribution in [3.8, 4) is 0 Å². The number of Topliss-reactive ketones (excluding diaryl/α,β-unsaturated/α-hetero) is 2. The van der Waals surface area contributed by atoms with Crippen molar-refractivity contribution >= 4 is 40.1 Å². The summed E-state index contributed by atoms with van der Waals surface area (Å²) in [5, 5.41) is -0.164. The molecule has 4 aliphatic rings. The Bertz CT molecular complexity index is 1990. The minimum atomic E-state index is -2.57. The van der Waals surface area contributed by atoms with Crippen LogP contribution in [0.15, 0.2) is 36.0 Å². The molecule has 3 fully saturated rings. The van der Waals surface area contributed by atoms with Gasteiger partial charge in [0.2, 0.25) is 5.79 Å². The normalized spacial score (nSPS) is 36.0. The Kier molecular flexibility index (Phi) is 23.6. The van der Waals surface area contributed by atoms with Crippen LogP contribution in [0.2, 0.25) is 36.3 Å². The summed E-state index contributed by atoms with van der Waals surface area (Å²) in [6.07, 6.45) is 6.98. The number of cyclic esters (lactones) is 1. The van der Waals surface area contributed by atoms with Gasteiger partial charge in [-0.15, -0.1) is 6.58 Å². The van der Waals surface area contributed by atoms with Gasteiger partial charge in [0.05, 0.1) is 37.1 Å². The largest absolute Gasteiger partial charge is 0.456 e. The van der Waals surface area contributed by atoms with Gasteiger partial charge in [0, 0.05) is 52.6 Å². The lowest BCUT2D eigenvalue weighted by molar-refractivity contribution is -0.316. The number of carbonyl (C=O) groups excluding carboxylic acids is 4. The number of hydrogen-bond acceptors (Lipinski definition) is 13. The number of ether oxygens (including phenoxy) is 7. The Hall–Kier alpha value is -2.39. The van der Waals surface area contributed by atoms with Gasteiger partial charge in [0.1, 0.15) is 30.3 Å². The van der Waals surface area contributed by atoms with Crippen LogP contribution < -0.4 is 0 Å². The van der Waals surface area contributed by atoms with Gasteiger partial charge in [-0.2, -0.15) is 0 Å². The lowest BCUT2D eigenvalue weighted by atomic mass is 9.81. The van der Waals surface area contributed by atoms with E-state index < -0.39 is 94.7 Å². The number of piperidine rings is 1. The standard InChI is InChI=1S/C59H103NO13Si2/c1-22-29-69-59-40(6)34-50(67-16)53(71-59)49(66-15)32-38(4)30-37(3)31-43(23-2)45(61)36-47(73-75(20,21)58(11,12)13)41(7)52(70-56(64)44-25-24-26-51(68-17)60(44)55(63)54(59)62)39(5)33-42-27-28-46(48(35-42)65-14)72-74(18,19)57(8,9)10/h22,31,33,38,40-44,46-53H,1,23-30,32,34-36H2,2-21H3/b37-31+,39-33+/t38-,40+,41+,42-,43+,44-,46+,47-,48+,49?,50-,51-,52+,53+,59+/m0/s1. The van der Waals surface area contributed by atoms with Gasteiger partial charge in [-0.25, -0.2) is 4.79 Å². The van der Waals surface area contributed by atoms with Crippen molar-refractivity contribution in [3.63, 3.8) is 0 Å². The Balaban J connectivity index is 1.96. The van der Waals surface area contributed by atoms with Gasteiger partial charge in [0.25, 0.3) is 11.7 Å². The van der Waals surface area contributed by atoms with Crippen LogP contribution >= 0.6 is 0 Å². The van der Waals surface area contributed by atoms with Gasteiger partial charge in [0.15, 0.2) is 16.6 Å². The molecule has 3 aliphatic heterocycles. The Morgan fingerprint density at radius 2 is 1.37 bits per heavy atom. The number of carbonyl (C=O) groups is 4. The van der Waals surface area contributed by atoms with Gasteiger partial charge in [-0.05, 0) is 132 Å². The van der Waals surface area contributed by atoms with Crippen LogP contribution in [0.25, 0.3) is 0 Å². The molecule has 1 unspecified atom stereocenters. The van der Waals surface area contributed by atoms with Gasteiger partial charge >= 0.3 is 5.97 Å². The Morgan fingerprint density at radius 1 is 0.787 bits per heavy atom. The molecule has 0 aromatic heterocycles. The minimum absolute atomic E-state index is 0.0387. The van der Waals surface area contributed by atoms with Crippen LogP contribution in [-0.2, 0) is 61.2 Å². The minimum Gasteiger partial charge on any atom is -0.456 e. The molecular weight excluding hydrogens is 987 g/mol. The molecule has 1 aliphatic carbocycles. The highest BCUT2D eigenvalue weighted by molar-refractivity contribution is 6.74. The number of nitrogens with zero attached hydrogens (tertiary/aromatic N) is 1. The van der Waals surface area contributed by atoms with Crippen molar-refractivity contribution in [1.82, 2.24) is 4.90 Å². The monoisotopic (exact) mass is 1090 g/mol. The molecule has 2 saturated heterocycles. The van der Waals surface area contributed by atoms with Crippen LogP contribution in [0.3, 0.4) is 0 Å². The van der Waals surface area contributed by atoms with Crippen LogP contribution in [0.1, 0.15) is 154 Å². The zero-order chi connectivity index (χ0) is 56.6. The van der Waals surface area contributed by atoms with Gasteiger partial charge in [-0.3, -0.25) is 19.3 Å². The van der Waals surface area contributed by atoms with Crippen LogP contribution in [0.5, 0.6) is 0 Å². The van der Waals surface area contributed by atoms with E-state index >= 15 is 14.4 Å². The highest BCUT2D eigenvalue weighted by Gasteiger charge is 2.59. The number of allylic oxidation sites excluding steroid dienone is 3. The van der Waals surface area contributed by atoms with E-state index in [0.717, 1.165) is 24.0 Å². The number of esters is 1. The van der Waals surface area contributed by atoms with E-state index in [0.29, 0.717) is 44.9 Å². The maximum Gasteiger partial charge on any atom is 0.329 e. The topological polar surface area (TPSA) is 155 Å². The molecule has 14 nitrogen and oxygen atoms in total. The number of rotatable bonds is 14. The quantitative estimate of drug-likeness (QED) is 0.0702. The van der Waals surface area contributed by atoms with E-state index in [1.807, 2.05) is 27.7 Å². The number of ketones is 2. The van der Waals surface area contributed by atoms with Crippen molar-refractivity contribution in [1.29, 1.82) is 0 Å². The van der Waals surface area contributed by atoms with E-state index in [9.17, 15) is 4.79 Å². The Morgan fingerprint density at radius 3 is 1.92 bits per heavy atom. The fraction of sp³-hybridized carbons (Fsp3) is 0.831. The molecule has 1 amide bonds. The first-order valence-electron chi connectivity index (χ1n) is 28.2. The average molecular weight is 1090 g/mol. The third-order valence-electron chi connectivity index (χ3n) is 18.0. The lowest BCUT2D eigenvalue weighted by Crippen LogP contribution is -2.66. The van der Waals surface area contributed by atoms with Crippen LogP contribution in [0.4, 0.5) is 0 Å². The predicted octanol–water partition coefficient (Wildman–Crippen LogP) is 11.7. The van der Waals surface area contributed by atoms with Gasteiger partial charge in [-0.1, -0.05) is 93.0 Å². The highest BCUT2D eigenvalue weighted by atomic mass is 28.4. The zero-order valence-corrected chi connectivity index (χ0v) is 52.3. The van der Waals surface area contributed by atoms with E-state index in [2.05, 4.69) is 100 Å². The smallest absolute Gasteiger partial charge is 0.329 e. The van der Waals surface area contributed by atoms with Crippen molar-refractivity contribution < 1.29 is 61.2 Å². The second-order valence-electron chi connectivity index (χ2n) is 25.8. The first-order valence-corrected chi connectivity index (χ1v) is 34.0. The number of methoxy groups -OCH3 is 4. The number of hydrogen-bond donors (Lipinski definition) is 0. The summed E-state index contributed by atoms with van der Waals surface area (Å²) in [5.74, 6) is -6.08. The SMILES string of the molecule is C=CCO[C@]12O[C@H](C(OC)C[C@@H](C)C/C(C)=C/[C@@H](CC)C(=O)C[C@H](O[Si](C)(C)C(C)(C)C)[C@@H](C)[C@@H](/C(C)=C/[C@@H]3CC[C@@H](O[Si](C)(C)C(C)(C)C)[C@H](OC)C3)OC(=O)[C@@H]3CCC[C@H](OC)N3C(=O)C1=O)[C@@H](OC)C[C@H]2C. The summed E-state index contributed by atoms with van der Waals surface area (Å²) < 4.78 is 58.8. The molecule has 16 heteroatoms. The molecule has 15 atom stereocenters. The third kappa shape index (κ3) is 15.7. The predicted molar refractivity (Wildman–Crippen MR) is 300 cm³/mol. The molecule has 430 valence electrons. The molecular formula is C59H103NO13Si2. The maximum atomic E-state index is 15.4. The second-order valence-corrected chi connectivity index (χ2v) is 35.3. The molecule has 3 heterocycles. The molecule has 2 bridgehead atoms. The summed E-state index contributed by atoms with van der Waals surface area (Å²) in [7, 11) is 1.76. The van der Waals surface area contributed by atoms with Crippen molar-refractivity contribution in [2.75, 3.05) is 35.0 Å². The van der Waals surface area contributed by atoms with Gasteiger partial charge < -0.3 is 42.0 Å². The molecule has 0 aromatic carbocycles. The van der Waals surface area contributed by atoms with Crippen LogP contribution in [0, 0.1) is 29.6 Å². The number of fused-ring (bicyclic) bond motifs is 3. The molecule has 0 aromatic rings. The molecule has 1 saturated carbocycles. The lowest BCUT2D eigenvalue weighted by Gasteiger charge is -2.49. The molecule has 0 radical (unpaired) electrons. The fourth-order valence-electron chi connectivity index (χ4n) is 11.4. The fourth-order valence-corrected chi connectivity index (χ4v) is 14.2. The van der Waals surface area contributed by atoms with E-state index in [-0.39, 0.29) is 65.3 Å². The molecule has 0 N–H and O–H groups in total. The molecule has 75 heavy (non-hydrogen) atoms. The third-order valence-corrected chi connectivity index (χ3v) is 27.1. The molecule has 0 spiro atoms. The highest BCUT2D eigenvalue weighted by Crippen LogP contribution is 2.45. The van der Waals surface area contributed by atoms with E-state index in [4.69, 9.17) is 42.0 Å². The van der Waals surface area contributed by atoms with E-state index in [1.165, 1.54) is 18.1 Å². The van der Waals surface area contributed by atoms with Crippen molar-refractivity contribution in [2.24, 2.45) is 29.6 Å². The summed E-state index contributed by atoms with van der Waals surface area (Å²) in [6, 6.07) is -1.21. The summed E-state index contributed by atoms with van der Waals surface area (Å²) in [6.45, 7) is 38.0. The van der Waals surface area contributed by atoms with Crippen LogP contribution in [-0.4, -0.2) is 141 Å². The number of amides is 1. The summed E-state index contributed by atoms with van der Waals surface area (Å²) >= 11 is 0. The summed E-state index contributed by atoms with van der Waals surface area (Å²) in [4.78, 5) is 62.3. The Labute approximate surface area is 455 Å². The second kappa shape index (κ2) is 27.2. The maximum absolute atomic E-state index is 15.4. The first-order chi connectivity index (χ1) is 34.9. The summed E-state index contributed by atoms with van der Waals surface area (Å²) in [5.41, 5.74) is 1.88. The van der Waals surface area contributed by atoms with Crippen molar-refractivity contribution in [3.05, 3.63) is 36.0 Å². The molecule has 4 rings (SSSR count). The first kappa shape index (κ1) is 65.1. The van der Waals surface area contributed by atoms with E-state index in [1.54, 1.807) is 21.3 Å². The average Bonchev–Trinajstić information content (AvgIpc) is 3.34.